The van der Waals surface area contributed by atoms with Gasteiger partial charge in [0.05, 0.1) is 5.69 Å². The van der Waals surface area contributed by atoms with Gasteiger partial charge in [0.25, 0.3) is 5.91 Å². The zero-order chi connectivity index (χ0) is 19.7. The molecule has 2 aromatic heterocycles. The fourth-order valence-corrected chi connectivity index (χ4v) is 3.63. The Morgan fingerprint density at radius 1 is 1.04 bits per heavy atom. The van der Waals surface area contributed by atoms with E-state index in [1.807, 2.05) is 42.6 Å². The van der Waals surface area contributed by atoms with Gasteiger partial charge in [-0.25, -0.2) is 4.98 Å². The highest BCUT2D eigenvalue weighted by molar-refractivity contribution is 7.14. The van der Waals surface area contributed by atoms with Crippen molar-refractivity contribution in [3.8, 4) is 22.6 Å². The number of anilines is 1. The normalized spacial score (nSPS) is 10.8. The smallest absolute Gasteiger partial charge is 0.293 e. The first-order chi connectivity index (χ1) is 13.5. The molecule has 4 aromatic rings. The summed E-state index contributed by atoms with van der Waals surface area (Å²) in [5.74, 6) is 0.421. The number of furan rings is 1. The molecular weight excluding hydrogens is 415 g/mol. The number of thiazole rings is 1. The van der Waals surface area contributed by atoms with Crippen molar-refractivity contribution in [3.63, 3.8) is 0 Å². The van der Waals surface area contributed by atoms with Crippen LogP contribution in [0.2, 0.25) is 10.0 Å². The average molecular weight is 429 g/mol. The third-order valence-electron chi connectivity index (χ3n) is 4.15. The summed E-state index contributed by atoms with van der Waals surface area (Å²) in [6.07, 6.45) is 0. The Labute approximate surface area is 175 Å². The Morgan fingerprint density at radius 2 is 1.79 bits per heavy atom. The van der Waals surface area contributed by atoms with Crippen molar-refractivity contribution in [3.05, 3.63) is 81.3 Å². The standard InChI is InChI=1S/C21H14Cl2N2O2S/c1-12-2-3-14(10-16(12)23)18-8-9-19(27-18)20(26)25-21-24-17(11-28-21)13-4-6-15(22)7-5-13/h2-11H,1H3,(H,24,25,26). The molecule has 0 spiro atoms. The van der Waals surface area contributed by atoms with Gasteiger partial charge in [0, 0.05) is 26.6 Å². The molecule has 0 unspecified atom stereocenters. The van der Waals surface area contributed by atoms with Crippen LogP contribution in [-0.4, -0.2) is 10.9 Å². The van der Waals surface area contributed by atoms with E-state index >= 15 is 0 Å². The summed E-state index contributed by atoms with van der Waals surface area (Å²) < 4.78 is 5.69. The van der Waals surface area contributed by atoms with Crippen molar-refractivity contribution in [2.24, 2.45) is 0 Å². The van der Waals surface area contributed by atoms with Crippen molar-refractivity contribution in [2.75, 3.05) is 5.32 Å². The first-order valence-electron chi connectivity index (χ1n) is 8.39. The largest absolute Gasteiger partial charge is 0.451 e. The van der Waals surface area contributed by atoms with Gasteiger partial charge in [-0.15, -0.1) is 11.3 Å². The maximum absolute atomic E-state index is 12.5. The highest BCUT2D eigenvalue weighted by Gasteiger charge is 2.15. The zero-order valence-corrected chi connectivity index (χ0v) is 17.0. The van der Waals surface area contributed by atoms with Crippen LogP contribution in [0.1, 0.15) is 16.1 Å². The molecule has 28 heavy (non-hydrogen) atoms. The Kier molecular flexibility index (Phi) is 5.22. The number of aryl methyl sites for hydroxylation is 1. The van der Waals surface area contributed by atoms with E-state index in [9.17, 15) is 4.79 Å². The van der Waals surface area contributed by atoms with E-state index in [-0.39, 0.29) is 11.7 Å². The molecule has 2 aromatic carbocycles. The Balaban J connectivity index is 1.49. The van der Waals surface area contributed by atoms with Gasteiger partial charge in [-0.2, -0.15) is 0 Å². The number of carbonyl (C=O) groups excluding carboxylic acids is 1. The predicted octanol–water partition coefficient (Wildman–Crippen LogP) is 6.94. The van der Waals surface area contributed by atoms with Crippen LogP contribution in [0.3, 0.4) is 0 Å². The number of benzene rings is 2. The van der Waals surface area contributed by atoms with Gasteiger partial charge in [-0.1, -0.05) is 47.5 Å². The molecule has 2 heterocycles. The van der Waals surface area contributed by atoms with Crippen LogP contribution in [0.15, 0.2) is 64.4 Å². The third-order valence-corrected chi connectivity index (χ3v) is 5.57. The first-order valence-corrected chi connectivity index (χ1v) is 10.0. The van der Waals surface area contributed by atoms with Gasteiger partial charge in [0.15, 0.2) is 10.9 Å². The fourth-order valence-electron chi connectivity index (χ4n) is 2.60. The summed E-state index contributed by atoms with van der Waals surface area (Å²) >= 11 is 13.4. The minimum absolute atomic E-state index is 0.204. The molecule has 0 aliphatic rings. The van der Waals surface area contributed by atoms with Gasteiger partial charge in [-0.05, 0) is 42.8 Å². The number of halogens is 2. The van der Waals surface area contributed by atoms with E-state index in [1.165, 1.54) is 11.3 Å². The topological polar surface area (TPSA) is 55.1 Å². The Bertz CT molecular complexity index is 1150. The van der Waals surface area contributed by atoms with Crippen LogP contribution < -0.4 is 5.32 Å². The van der Waals surface area contributed by atoms with Gasteiger partial charge in [0.1, 0.15) is 5.76 Å². The molecule has 0 atom stereocenters. The van der Waals surface area contributed by atoms with Gasteiger partial charge >= 0.3 is 0 Å². The fraction of sp³-hybridized carbons (Fsp3) is 0.0476. The van der Waals surface area contributed by atoms with Crippen molar-refractivity contribution in [2.45, 2.75) is 6.92 Å². The second kappa shape index (κ2) is 7.80. The number of nitrogens with one attached hydrogen (secondary N) is 1. The highest BCUT2D eigenvalue weighted by atomic mass is 35.5. The molecule has 0 aliphatic heterocycles. The van der Waals surface area contributed by atoms with Gasteiger partial charge < -0.3 is 4.42 Å². The quantitative estimate of drug-likeness (QED) is 0.382. The summed E-state index contributed by atoms with van der Waals surface area (Å²) in [4.78, 5) is 16.9. The molecule has 4 nitrogen and oxygen atoms in total. The number of aromatic nitrogens is 1. The van der Waals surface area contributed by atoms with E-state index in [4.69, 9.17) is 27.6 Å². The van der Waals surface area contributed by atoms with Gasteiger partial charge in [-0.3, -0.25) is 10.1 Å². The molecule has 7 heteroatoms. The van der Waals surface area contributed by atoms with E-state index in [1.54, 1.807) is 24.3 Å². The lowest BCUT2D eigenvalue weighted by Crippen LogP contribution is -2.10. The van der Waals surface area contributed by atoms with Crippen LogP contribution in [0.5, 0.6) is 0 Å². The second-order valence-corrected chi connectivity index (χ2v) is 7.83. The predicted molar refractivity (Wildman–Crippen MR) is 114 cm³/mol. The van der Waals surface area contributed by atoms with Crippen molar-refractivity contribution in [1.82, 2.24) is 4.98 Å². The van der Waals surface area contributed by atoms with E-state index in [0.717, 1.165) is 22.4 Å². The number of amides is 1. The first kappa shape index (κ1) is 18.7. The van der Waals surface area contributed by atoms with Crippen molar-refractivity contribution in [1.29, 1.82) is 0 Å². The molecule has 1 amide bonds. The number of hydrogen-bond donors (Lipinski definition) is 1. The highest BCUT2D eigenvalue weighted by Crippen LogP contribution is 2.29. The Morgan fingerprint density at radius 3 is 2.54 bits per heavy atom. The van der Waals surface area contributed by atoms with E-state index in [2.05, 4.69) is 10.3 Å². The zero-order valence-electron chi connectivity index (χ0n) is 14.7. The molecule has 0 saturated carbocycles. The number of rotatable bonds is 4. The molecule has 0 fully saturated rings. The summed E-state index contributed by atoms with van der Waals surface area (Å²) in [6, 6.07) is 16.4. The summed E-state index contributed by atoms with van der Waals surface area (Å²) in [6.45, 7) is 1.93. The lowest BCUT2D eigenvalue weighted by Gasteiger charge is -2.01. The van der Waals surface area contributed by atoms with Crippen LogP contribution in [0.25, 0.3) is 22.6 Å². The summed E-state index contributed by atoms with van der Waals surface area (Å²) in [7, 11) is 0. The molecule has 4 rings (SSSR count). The lowest BCUT2D eigenvalue weighted by atomic mass is 10.1. The van der Waals surface area contributed by atoms with Crippen LogP contribution in [0.4, 0.5) is 5.13 Å². The monoisotopic (exact) mass is 428 g/mol. The summed E-state index contributed by atoms with van der Waals surface area (Å²) in [5, 5.41) is 6.45. The number of hydrogen-bond acceptors (Lipinski definition) is 4. The van der Waals surface area contributed by atoms with Crippen LogP contribution >= 0.6 is 34.5 Å². The minimum Gasteiger partial charge on any atom is -0.451 e. The van der Waals surface area contributed by atoms with Crippen LogP contribution in [-0.2, 0) is 0 Å². The maximum atomic E-state index is 12.5. The average Bonchev–Trinajstić information content (AvgIpc) is 3.34. The molecule has 0 saturated heterocycles. The maximum Gasteiger partial charge on any atom is 0.293 e. The molecule has 0 radical (unpaired) electrons. The van der Waals surface area contributed by atoms with E-state index in [0.29, 0.717) is 20.9 Å². The van der Waals surface area contributed by atoms with E-state index < -0.39 is 0 Å². The number of nitrogens with zero attached hydrogens (tertiary/aromatic N) is 1. The van der Waals surface area contributed by atoms with Crippen molar-refractivity contribution >= 4 is 45.6 Å². The molecular formula is C21H14Cl2N2O2S. The molecule has 140 valence electrons. The van der Waals surface area contributed by atoms with Crippen LogP contribution in [0, 0.1) is 6.92 Å². The third kappa shape index (κ3) is 3.97. The SMILES string of the molecule is Cc1ccc(-c2ccc(C(=O)Nc3nc(-c4ccc(Cl)cc4)cs3)o2)cc1Cl. The second-order valence-electron chi connectivity index (χ2n) is 6.13. The van der Waals surface area contributed by atoms with Crippen molar-refractivity contribution < 1.29 is 9.21 Å². The molecule has 0 aliphatic carbocycles. The Hall–Kier alpha value is -2.60. The number of carbonyl (C=O) groups is 1. The van der Waals surface area contributed by atoms with Gasteiger partial charge in [0.2, 0.25) is 0 Å². The molecule has 0 bridgehead atoms. The molecule has 1 N–H and O–H groups in total. The lowest BCUT2D eigenvalue weighted by molar-refractivity contribution is 0.0997. The summed E-state index contributed by atoms with van der Waals surface area (Å²) in [5.41, 5.74) is 3.49. The minimum atomic E-state index is -0.360.